The quantitative estimate of drug-likeness (QED) is 0.513. The van der Waals surface area contributed by atoms with Crippen molar-refractivity contribution in [3.8, 4) is 0 Å². The number of carbonyl (C=O) groups excluding carboxylic acids is 1. The summed E-state index contributed by atoms with van der Waals surface area (Å²) < 4.78 is 6.24. The summed E-state index contributed by atoms with van der Waals surface area (Å²) in [7, 11) is 0. The Morgan fingerprint density at radius 2 is 1.78 bits per heavy atom. The minimum atomic E-state index is -2.16. The second-order valence-corrected chi connectivity index (χ2v) is 14.3. The molecule has 2 bridgehead atoms. The van der Waals surface area contributed by atoms with Crippen molar-refractivity contribution in [2.24, 2.45) is 28.6 Å². The maximum absolute atomic E-state index is 13.7. The fraction of sp³-hybridized carbons (Fsp3) is 0.793. The van der Waals surface area contributed by atoms with E-state index in [9.17, 15) is 20.1 Å². The third kappa shape index (κ3) is 3.08. The first-order chi connectivity index (χ1) is 17.4. The summed E-state index contributed by atoms with van der Waals surface area (Å²) in [5.74, 6) is -3.60. The highest BCUT2D eigenvalue weighted by Crippen LogP contribution is 2.73. The molecule has 1 spiro atoms. The Morgan fingerprint density at radius 1 is 1.11 bits per heavy atom. The van der Waals surface area contributed by atoms with Gasteiger partial charge in [0.1, 0.15) is 17.3 Å². The van der Waals surface area contributed by atoms with E-state index in [0.29, 0.717) is 12.8 Å². The first-order valence-electron chi connectivity index (χ1n) is 14.1. The molecule has 8 heteroatoms. The number of hydrogen-bond acceptors (Lipinski definition) is 8. The normalized spacial score (nSPS) is 44.4. The van der Waals surface area contributed by atoms with Gasteiger partial charge in [-0.1, -0.05) is 38.8 Å². The molecule has 204 valence electrons. The van der Waals surface area contributed by atoms with Gasteiger partial charge >= 0.3 is 0 Å². The predicted molar refractivity (Wildman–Crippen MR) is 143 cm³/mol. The van der Waals surface area contributed by atoms with Crippen molar-refractivity contribution >= 4 is 22.3 Å². The molecule has 7 rings (SSSR count). The molecule has 3 aliphatic heterocycles. The molecular formula is C29H42N2O5S. The highest BCUT2D eigenvalue weighted by molar-refractivity contribution is 7.15. The third-order valence-corrected chi connectivity index (χ3v) is 12.0. The van der Waals surface area contributed by atoms with Crippen molar-refractivity contribution in [2.45, 2.75) is 96.1 Å². The van der Waals surface area contributed by atoms with Crippen molar-refractivity contribution in [3.63, 3.8) is 0 Å². The summed E-state index contributed by atoms with van der Waals surface area (Å²) >= 11 is 1.75. The van der Waals surface area contributed by atoms with Crippen LogP contribution in [0.4, 0.5) is 5.13 Å². The predicted octanol–water partition coefficient (Wildman–Crippen LogP) is 3.59. The van der Waals surface area contributed by atoms with Crippen LogP contribution in [0.25, 0.3) is 0 Å². The van der Waals surface area contributed by atoms with Gasteiger partial charge in [0, 0.05) is 35.2 Å². The van der Waals surface area contributed by atoms with Crippen LogP contribution < -0.4 is 4.90 Å². The van der Waals surface area contributed by atoms with Crippen molar-refractivity contribution in [3.05, 3.63) is 22.7 Å². The van der Waals surface area contributed by atoms with Crippen LogP contribution in [-0.2, 0) is 21.4 Å². The van der Waals surface area contributed by atoms with Crippen LogP contribution in [0.15, 0.2) is 12.2 Å². The molecule has 37 heavy (non-hydrogen) atoms. The first-order valence-corrected chi connectivity index (χ1v) is 14.9. The van der Waals surface area contributed by atoms with Gasteiger partial charge in [0.2, 0.25) is 5.79 Å². The van der Waals surface area contributed by atoms with Gasteiger partial charge < -0.3 is 25.0 Å². The fourth-order valence-corrected chi connectivity index (χ4v) is 10.9. The van der Waals surface area contributed by atoms with E-state index in [1.54, 1.807) is 11.3 Å². The van der Waals surface area contributed by atoms with E-state index in [2.05, 4.69) is 25.3 Å². The van der Waals surface area contributed by atoms with Crippen molar-refractivity contribution in [1.29, 1.82) is 0 Å². The Hall–Kier alpha value is -1.32. The summed E-state index contributed by atoms with van der Waals surface area (Å²) in [6.45, 7) is 13.9. The smallest absolute Gasteiger partial charge is 0.208 e. The zero-order valence-corrected chi connectivity index (χ0v) is 23.4. The Balaban J connectivity index is 1.58. The molecule has 7 nitrogen and oxygen atoms in total. The van der Waals surface area contributed by atoms with Gasteiger partial charge in [-0.05, 0) is 57.3 Å². The second kappa shape index (κ2) is 8.34. The van der Waals surface area contributed by atoms with Crippen molar-refractivity contribution in [2.75, 3.05) is 24.6 Å². The summed E-state index contributed by atoms with van der Waals surface area (Å²) in [6.07, 6.45) is 4.33. The largest absolute Gasteiger partial charge is 0.391 e. The molecular weight excluding hydrogens is 488 g/mol. The van der Waals surface area contributed by atoms with Crippen LogP contribution in [0.2, 0.25) is 0 Å². The average Bonchev–Trinajstić information content (AvgIpc) is 3.05. The van der Waals surface area contributed by atoms with Gasteiger partial charge in [-0.3, -0.25) is 4.79 Å². The van der Waals surface area contributed by atoms with Crippen LogP contribution in [0.1, 0.15) is 76.8 Å². The molecule has 2 saturated carbocycles. The SMILES string of the molecule is C=C(C)[C@@H]1CCC2[C@@]34CO[C@@](O)([C@@H](O)C3C(C)(C)Cc3sc(N5CCCCCC5)nc34)[C@@]2(C(C)=O)[C@@H]1O. The van der Waals surface area contributed by atoms with E-state index in [4.69, 9.17) is 9.72 Å². The Labute approximate surface area is 223 Å². The molecule has 1 aromatic rings. The van der Waals surface area contributed by atoms with Gasteiger partial charge in [0.25, 0.3) is 0 Å². The monoisotopic (exact) mass is 530 g/mol. The highest BCUT2D eigenvalue weighted by Gasteiger charge is 2.84. The number of rotatable bonds is 3. The lowest BCUT2D eigenvalue weighted by Crippen LogP contribution is -2.86. The topological polar surface area (TPSA) is 103 Å². The number of aromatic nitrogens is 1. The van der Waals surface area contributed by atoms with E-state index < -0.39 is 34.7 Å². The summed E-state index contributed by atoms with van der Waals surface area (Å²) in [6, 6.07) is 0. The van der Waals surface area contributed by atoms with Gasteiger partial charge in [0.05, 0.1) is 18.4 Å². The van der Waals surface area contributed by atoms with Crippen LogP contribution in [0, 0.1) is 28.6 Å². The lowest BCUT2D eigenvalue weighted by molar-refractivity contribution is -0.433. The third-order valence-electron chi connectivity index (χ3n) is 10.9. The number of aliphatic hydroxyl groups excluding tert-OH is 2. The van der Waals surface area contributed by atoms with Gasteiger partial charge in [0.15, 0.2) is 5.13 Å². The maximum atomic E-state index is 13.7. The van der Waals surface area contributed by atoms with Crippen LogP contribution in [-0.4, -0.2) is 63.8 Å². The van der Waals surface area contributed by atoms with E-state index >= 15 is 0 Å². The van der Waals surface area contributed by atoms with Crippen LogP contribution in [0.5, 0.6) is 0 Å². The molecule has 3 N–H and O–H groups in total. The molecule has 0 aromatic carbocycles. The standard InChI is InChI=1S/C29H42N2O5S/c1-16(2)18-10-11-20-27-15-36-29(35,28(20,17(3)32)23(18)33)24(34)21(27)26(4,5)14-19-22(27)30-25(37-19)31-12-8-6-7-9-13-31/h18,20-21,23-24,33-35H,1,6-15H2,2-5H3/t18-,20?,21?,23+,24-,27-,28+,29-/m0/s1. The van der Waals surface area contributed by atoms with Gasteiger partial charge in [-0.25, -0.2) is 4.98 Å². The number of thiazole rings is 1. The van der Waals surface area contributed by atoms with Crippen molar-refractivity contribution in [1.82, 2.24) is 4.98 Å². The number of fused-ring (bicyclic) bond motifs is 2. The molecule has 6 aliphatic rings. The number of anilines is 1. The molecule has 3 aliphatic carbocycles. The Morgan fingerprint density at radius 3 is 2.41 bits per heavy atom. The number of ether oxygens (including phenoxy) is 1. The lowest BCUT2D eigenvalue weighted by Gasteiger charge is -2.74. The fourth-order valence-electron chi connectivity index (χ4n) is 9.45. The molecule has 8 atom stereocenters. The van der Waals surface area contributed by atoms with E-state index in [0.717, 1.165) is 48.8 Å². The maximum Gasteiger partial charge on any atom is 0.208 e. The highest BCUT2D eigenvalue weighted by atomic mass is 32.1. The number of carbonyl (C=O) groups is 1. The van der Waals surface area contributed by atoms with E-state index in [1.165, 1.54) is 24.6 Å². The zero-order valence-electron chi connectivity index (χ0n) is 22.6. The van der Waals surface area contributed by atoms with Crippen molar-refractivity contribution < 1.29 is 24.9 Å². The molecule has 3 saturated heterocycles. The Kier molecular flexibility index (Phi) is 5.84. The Bertz CT molecular complexity index is 1130. The summed E-state index contributed by atoms with van der Waals surface area (Å²) in [4.78, 5) is 22.6. The first kappa shape index (κ1) is 25.9. The van der Waals surface area contributed by atoms with Gasteiger partial charge in [-0.2, -0.15) is 0 Å². The summed E-state index contributed by atoms with van der Waals surface area (Å²) in [5, 5.41) is 37.1. The van der Waals surface area contributed by atoms with E-state index in [1.807, 2.05) is 6.92 Å². The molecule has 0 amide bonds. The lowest BCUT2D eigenvalue weighted by atomic mass is 9.35. The minimum absolute atomic E-state index is 0.189. The summed E-state index contributed by atoms with van der Waals surface area (Å²) in [5.41, 5.74) is -1.07. The molecule has 2 unspecified atom stereocenters. The van der Waals surface area contributed by atoms with Gasteiger partial charge in [-0.15, -0.1) is 11.3 Å². The molecule has 4 heterocycles. The number of nitrogens with zero attached hydrogens (tertiary/aromatic N) is 2. The second-order valence-electron chi connectivity index (χ2n) is 13.2. The molecule has 0 radical (unpaired) electrons. The number of hydrogen-bond donors (Lipinski definition) is 3. The number of aliphatic hydroxyl groups is 3. The van der Waals surface area contributed by atoms with Crippen LogP contribution >= 0.6 is 11.3 Å². The number of Topliss-reactive ketones (excluding diaryl/α,β-unsaturated/α-hetero) is 1. The number of ketones is 1. The minimum Gasteiger partial charge on any atom is -0.391 e. The molecule has 5 fully saturated rings. The average molecular weight is 531 g/mol. The molecule has 1 aromatic heterocycles. The van der Waals surface area contributed by atoms with E-state index in [-0.39, 0.29) is 29.6 Å². The zero-order chi connectivity index (χ0) is 26.5. The van der Waals surface area contributed by atoms with Crippen LogP contribution in [0.3, 0.4) is 0 Å².